The van der Waals surface area contributed by atoms with Crippen LogP contribution >= 0.6 is 0 Å². The number of nitriles is 2. The number of hydrogen-bond acceptors (Lipinski definition) is 3. The zero-order valence-corrected chi connectivity index (χ0v) is 23.0. The molecule has 0 atom stereocenters. The van der Waals surface area contributed by atoms with Gasteiger partial charge in [0.1, 0.15) is 0 Å². The van der Waals surface area contributed by atoms with Crippen molar-refractivity contribution < 1.29 is 0 Å². The smallest absolute Gasteiger partial charge is 0.0992 e. The van der Waals surface area contributed by atoms with E-state index in [0.29, 0.717) is 11.1 Å². The number of hydrogen-bond donors (Lipinski definition) is 0. The number of anilines is 3. The van der Waals surface area contributed by atoms with E-state index in [9.17, 15) is 10.5 Å². The largest absolute Gasteiger partial charge is 0.310 e. The summed E-state index contributed by atoms with van der Waals surface area (Å²) >= 11 is 0. The fourth-order valence-electron chi connectivity index (χ4n) is 7.05. The van der Waals surface area contributed by atoms with Crippen molar-refractivity contribution >= 4 is 81.7 Å². The van der Waals surface area contributed by atoms with Gasteiger partial charge in [0.15, 0.2) is 0 Å². The van der Waals surface area contributed by atoms with E-state index in [0.717, 1.165) is 38.6 Å². The molecule has 0 amide bonds. The van der Waals surface area contributed by atoms with Gasteiger partial charge in [-0.3, -0.25) is 0 Å². The van der Waals surface area contributed by atoms with Crippen molar-refractivity contribution in [3.05, 3.63) is 139 Å². The van der Waals surface area contributed by atoms with Gasteiger partial charge in [0, 0.05) is 17.1 Å². The highest BCUT2D eigenvalue weighted by Gasteiger charge is 2.19. The Morgan fingerprint density at radius 1 is 0.349 bits per heavy atom. The van der Waals surface area contributed by atoms with Crippen LogP contribution in [0, 0.1) is 22.7 Å². The predicted octanol–water partition coefficient (Wildman–Crippen LogP) is 10.7. The zero-order chi connectivity index (χ0) is 28.7. The summed E-state index contributed by atoms with van der Waals surface area (Å²) in [6.07, 6.45) is 0. The van der Waals surface area contributed by atoms with E-state index in [1.807, 2.05) is 12.1 Å². The van der Waals surface area contributed by atoms with Gasteiger partial charge in [-0.1, -0.05) is 84.9 Å². The van der Waals surface area contributed by atoms with Crippen molar-refractivity contribution in [1.29, 1.82) is 10.5 Å². The summed E-state index contributed by atoms with van der Waals surface area (Å²) in [5.74, 6) is 0. The van der Waals surface area contributed by atoms with Gasteiger partial charge in [-0.15, -0.1) is 0 Å². The van der Waals surface area contributed by atoms with E-state index in [1.165, 1.54) is 43.1 Å². The molecule has 0 unspecified atom stereocenters. The topological polar surface area (TPSA) is 50.8 Å². The first-order valence-electron chi connectivity index (χ1n) is 14.3. The summed E-state index contributed by atoms with van der Waals surface area (Å²) in [4.78, 5) is 2.19. The third-order valence-corrected chi connectivity index (χ3v) is 8.85. The molecule has 0 spiro atoms. The van der Waals surface area contributed by atoms with Crippen molar-refractivity contribution in [3.8, 4) is 12.1 Å². The van der Waals surface area contributed by atoms with Crippen LogP contribution in [0.25, 0.3) is 64.6 Å². The summed E-state index contributed by atoms with van der Waals surface area (Å²) in [7, 11) is 0. The Hall–Kier alpha value is -6.16. The van der Waals surface area contributed by atoms with Crippen LogP contribution in [0.2, 0.25) is 0 Å². The summed E-state index contributed by atoms with van der Waals surface area (Å²) in [5, 5.41) is 34.3. The van der Waals surface area contributed by atoms with Crippen LogP contribution in [0.4, 0.5) is 17.1 Å². The first-order valence-corrected chi connectivity index (χ1v) is 14.3. The molecule has 196 valence electrons. The molecule has 0 N–H and O–H groups in total. The van der Waals surface area contributed by atoms with E-state index in [1.54, 1.807) is 6.07 Å². The number of rotatable bonds is 3. The van der Waals surface area contributed by atoms with E-state index in [2.05, 4.69) is 126 Å². The maximum atomic E-state index is 9.87. The van der Waals surface area contributed by atoms with Crippen LogP contribution in [-0.2, 0) is 0 Å². The summed E-state index contributed by atoms with van der Waals surface area (Å²) in [6, 6.07) is 49.2. The normalized spacial score (nSPS) is 11.7. The van der Waals surface area contributed by atoms with E-state index >= 15 is 0 Å². The van der Waals surface area contributed by atoms with Crippen LogP contribution in [-0.4, -0.2) is 0 Å². The highest BCUT2D eigenvalue weighted by Crippen LogP contribution is 2.44. The lowest BCUT2D eigenvalue weighted by molar-refractivity contribution is 1.29. The van der Waals surface area contributed by atoms with Crippen molar-refractivity contribution in [1.82, 2.24) is 0 Å². The Morgan fingerprint density at radius 3 is 1.00 bits per heavy atom. The SMILES string of the molecule is N#Cc1cc(C#N)cc(N(c2cc3ccc4cccc5ccc(c2)c3c45)c2cc3ccc4cccc5ccc(c2)c3c45)c1. The molecule has 3 nitrogen and oxygen atoms in total. The van der Waals surface area contributed by atoms with Crippen LogP contribution < -0.4 is 4.90 Å². The van der Waals surface area contributed by atoms with Crippen LogP contribution in [0.3, 0.4) is 0 Å². The molecule has 43 heavy (non-hydrogen) atoms. The minimum atomic E-state index is 0.453. The molecule has 9 aromatic rings. The Balaban J connectivity index is 1.37. The third-order valence-electron chi connectivity index (χ3n) is 8.85. The molecule has 0 aliphatic heterocycles. The average molecular weight is 544 g/mol. The Labute approximate surface area is 247 Å². The first kappa shape index (κ1) is 23.5. The second-order valence-electron chi connectivity index (χ2n) is 11.3. The highest BCUT2D eigenvalue weighted by atomic mass is 15.1. The van der Waals surface area contributed by atoms with Gasteiger partial charge in [-0.25, -0.2) is 0 Å². The zero-order valence-electron chi connectivity index (χ0n) is 23.0. The van der Waals surface area contributed by atoms with Gasteiger partial charge in [0.05, 0.1) is 23.3 Å². The van der Waals surface area contributed by atoms with Crippen LogP contribution in [0.15, 0.2) is 127 Å². The van der Waals surface area contributed by atoms with Gasteiger partial charge < -0.3 is 4.90 Å². The quantitative estimate of drug-likeness (QED) is 0.208. The third kappa shape index (κ3) is 3.40. The van der Waals surface area contributed by atoms with Crippen molar-refractivity contribution in [2.24, 2.45) is 0 Å². The maximum absolute atomic E-state index is 9.87. The molecule has 9 rings (SSSR count). The molecular weight excluding hydrogens is 522 g/mol. The second kappa shape index (κ2) is 8.67. The maximum Gasteiger partial charge on any atom is 0.0992 e. The fraction of sp³-hybridized carbons (Fsp3) is 0. The van der Waals surface area contributed by atoms with Crippen LogP contribution in [0.1, 0.15) is 11.1 Å². The van der Waals surface area contributed by atoms with Gasteiger partial charge in [0.2, 0.25) is 0 Å². The highest BCUT2D eigenvalue weighted by molar-refractivity contribution is 6.25. The molecule has 0 aliphatic rings. The molecule has 0 heterocycles. The number of benzene rings is 9. The van der Waals surface area contributed by atoms with Gasteiger partial charge in [0.25, 0.3) is 0 Å². The molecule has 9 aromatic carbocycles. The summed E-state index contributed by atoms with van der Waals surface area (Å²) < 4.78 is 0. The molecule has 0 saturated heterocycles. The summed E-state index contributed by atoms with van der Waals surface area (Å²) in [5.41, 5.74) is 3.62. The standard InChI is InChI=1S/C40H21N3/c41-22-24-15-25(23-42)17-34(16-24)43(35-18-30-11-7-26-3-1-4-27-8-12-31(19-35)39(30)37(26)27)36-20-32-13-9-28-5-2-6-29-10-14-33(21-36)40(32)38(28)29/h1-21H. The second-order valence-corrected chi connectivity index (χ2v) is 11.3. The van der Waals surface area contributed by atoms with Crippen LogP contribution in [0.5, 0.6) is 0 Å². The van der Waals surface area contributed by atoms with E-state index in [4.69, 9.17) is 0 Å². The van der Waals surface area contributed by atoms with Gasteiger partial charge in [-0.05, 0) is 107 Å². The van der Waals surface area contributed by atoms with Crippen molar-refractivity contribution in [3.63, 3.8) is 0 Å². The molecule has 0 radical (unpaired) electrons. The predicted molar refractivity (Wildman–Crippen MR) is 178 cm³/mol. The van der Waals surface area contributed by atoms with E-state index in [-0.39, 0.29) is 0 Å². The molecule has 0 fully saturated rings. The molecule has 3 heteroatoms. The molecule has 0 bridgehead atoms. The van der Waals surface area contributed by atoms with Crippen molar-refractivity contribution in [2.75, 3.05) is 4.90 Å². The first-order chi connectivity index (χ1) is 21.2. The number of nitrogens with zero attached hydrogens (tertiary/aromatic N) is 3. The lowest BCUT2D eigenvalue weighted by Gasteiger charge is -2.28. The van der Waals surface area contributed by atoms with Gasteiger partial charge >= 0.3 is 0 Å². The minimum Gasteiger partial charge on any atom is -0.310 e. The molecule has 0 aromatic heterocycles. The van der Waals surface area contributed by atoms with Gasteiger partial charge in [-0.2, -0.15) is 10.5 Å². The molecule has 0 saturated carbocycles. The fourth-order valence-corrected chi connectivity index (χ4v) is 7.05. The monoisotopic (exact) mass is 543 g/mol. The summed E-state index contributed by atoms with van der Waals surface area (Å²) in [6.45, 7) is 0. The Morgan fingerprint density at radius 2 is 0.651 bits per heavy atom. The Bertz CT molecular complexity index is 2340. The lowest BCUT2D eigenvalue weighted by atomic mass is 9.92. The van der Waals surface area contributed by atoms with Crippen molar-refractivity contribution in [2.45, 2.75) is 0 Å². The average Bonchev–Trinajstić information content (AvgIpc) is 3.06. The lowest BCUT2D eigenvalue weighted by Crippen LogP contribution is -2.11. The molecular formula is C40H21N3. The molecule has 0 aliphatic carbocycles. The Kier molecular flexibility index (Phi) is 4.74. The van der Waals surface area contributed by atoms with E-state index < -0.39 is 0 Å². The minimum absolute atomic E-state index is 0.453.